The predicted molar refractivity (Wildman–Crippen MR) is 139 cm³/mol. The molecular formula is C26H31N3O5S. The van der Waals surface area contributed by atoms with Crippen LogP contribution in [-0.2, 0) is 9.53 Å². The third-order valence-electron chi connectivity index (χ3n) is 5.57. The smallest absolute Gasteiger partial charge is 0.338 e. The van der Waals surface area contributed by atoms with Gasteiger partial charge in [-0.25, -0.2) is 4.79 Å². The summed E-state index contributed by atoms with van der Waals surface area (Å²) in [6, 6.07) is 11.7. The Balaban J connectivity index is 1.94. The number of carbonyl (C=O) groups is 2. The van der Waals surface area contributed by atoms with Gasteiger partial charge in [0.15, 0.2) is 5.11 Å². The average molecular weight is 498 g/mol. The van der Waals surface area contributed by atoms with Gasteiger partial charge in [0.25, 0.3) is 5.91 Å². The molecule has 0 bridgehead atoms. The predicted octanol–water partition coefficient (Wildman–Crippen LogP) is 4.43. The third kappa shape index (κ3) is 5.92. The van der Waals surface area contributed by atoms with Crippen LogP contribution in [0.1, 0.15) is 49.7 Å². The summed E-state index contributed by atoms with van der Waals surface area (Å²) in [7, 11) is 3.05. The van der Waals surface area contributed by atoms with Crippen LogP contribution in [0.4, 0.5) is 5.69 Å². The second kappa shape index (κ2) is 11.2. The lowest BCUT2D eigenvalue weighted by Crippen LogP contribution is -2.47. The molecular weight excluding hydrogens is 466 g/mol. The highest BCUT2D eigenvalue weighted by Gasteiger charge is 2.34. The van der Waals surface area contributed by atoms with Crippen molar-refractivity contribution in [1.82, 2.24) is 10.2 Å². The minimum absolute atomic E-state index is 0.266. The fraction of sp³-hybridized carbons (Fsp3) is 0.346. The molecule has 9 heteroatoms. The molecule has 1 amide bonds. The molecule has 1 heterocycles. The first-order valence-corrected chi connectivity index (χ1v) is 11.7. The summed E-state index contributed by atoms with van der Waals surface area (Å²) in [5, 5.41) is 6.69. The number of ether oxygens (including phenoxy) is 3. The number of hydrogen-bond acceptors (Lipinski definition) is 6. The molecule has 0 aromatic heterocycles. The van der Waals surface area contributed by atoms with Gasteiger partial charge in [-0.1, -0.05) is 12.1 Å². The summed E-state index contributed by atoms with van der Waals surface area (Å²) in [5.41, 5.74) is 2.94. The van der Waals surface area contributed by atoms with Crippen LogP contribution >= 0.6 is 12.2 Å². The summed E-state index contributed by atoms with van der Waals surface area (Å²) < 4.78 is 16.1. The first-order valence-electron chi connectivity index (χ1n) is 11.3. The maximum absolute atomic E-state index is 13.1. The van der Waals surface area contributed by atoms with Crippen molar-refractivity contribution < 1.29 is 23.8 Å². The van der Waals surface area contributed by atoms with Crippen LogP contribution in [0.2, 0.25) is 0 Å². The molecule has 0 unspecified atom stereocenters. The number of amides is 1. The van der Waals surface area contributed by atoms with Crippen molar-refractivity contribution in [3.63, 3.8) is 0 Å². The normalized spacial score (nSPS) is 15.6. The Morgan fingerprint density at radius 2 is 1.77 bits per heavy atom. The fourth-order valence-electron chi connectivity index (χ4n) is 3.89. The minimum atomic E-state index is -0.523. The first kappa shape index (κ1) is 26.0. The maximum Gasteiger partial charge on any atom is 0.338 e. The molecule has 1 aliphatic heterocycles. The van der Waals surface area contributed by atoms with E-state index in [1.807, 2.05) is 50.8 Å². The summed E-state index contributed by atoms with van der Waals surface area (Å²) in [5.74, 6) is 0.291. The van der Waals surface area contributed by atoms with E-state index in [1.165, 1.54) is 14.2 Å². The summed E-state index contributed by atoms with van der Waals surface area (Å²) in [6.07, 6.45) is -0.266. The van der Waals surface area contributed by atoms with Crippen molar-refractivity contribution >= 4 is 34.9 Å². The van der Waals surface area contributed by atoms with Crippen LogP contribution in [0.15, 0.2) is 53.7 Å². The second-order valence-corrected chi connectivity index (χ2v) is 8.65. The fourth-order valence-corrected chi connectivity index (χ4v) is 4.28. The number of anilines is 1. The standard InChI is InChI=1S/C26H31N3O5S/c1-7-29-16(4)22(25(31)34-15(2)3)23(28-26(29)35)17-9-8-10-19(11-17)27-24(30)18-12-20(32-5)14-21(13-18)33-6/h8-15,23H,7H2,1-6H3,(H,27,30)(H,28,35)/t23-/m0/s1. The Morgan fingerprint density at radius 1 is 1.11 bits per heavy atom. The monoisotopic (exact) mass is 497 g/mol. The molecule has 2 aromatic rings. The largest absolute Gasteiger partial charge is 0.497 e. The molecule has 0 aliphatic carbocycles. The van der Waals surface area contributed by atoms with Gasteiger partial charge in [-0.2, -0.15) is 0 Å². The molecule has 0 saturated heterocycles. The third-order valence-corrected chi connectivity index (χ3v) is 5.90. The summed E-state index contributed by atoms with van der Waals surface area (Å²) >= 11 is 5.56. The topological polar surface area (TPSA) is 89.1 Å². The van der Waals surface area contributed by atoms with Crippen LogP contribution in [-0.4, -0.2) is 48.8 Å². The van der Waals surface area contributed by atoms with Crippen molar-refractivity contribution in [3.8, 4) is 11.5 Å². The number of esters is 1. The maximum atomic E-state index is 13.1. The molecule has 1 atom stereocenters. The average Bonchev–Trinajstić information content (AvgIpc) is 2.83. The molecule has 186 valence electrons. The minimum Gasteiger partial charge on any atom is -0.497 e. The van der Waals surface area contributed by atoms with Gasteiger partial charge in [-0.3, -0.25) is 4.79 Å². The van der Waals surface area contributed by atoms with Crippen LogP contribution in [0.3, 0.4) is 0 Å². The van der Waals surface area contributed by atoms with Crippen molar-refractivity contribution in [3.05, 3.63) is 64.9 Å². The number of allylic oxidation sites excluding steroid dienone is 1. The number of thiocarbonyl (C=S) groups is 1. The quantitative estimate of drug-likeness (QED) is 0.409. The highest BCUT2D eigenvalue weighted by molar-refractivity contribution is 7.80. The van der Waals surface area contributed by atoms with Gasteiger partial charge in [0, 0.05) is 29.6 Å². The van der Waals surface area contributed by atoms with Crippen molar-refractivity contribution in [2.75, 3.05) is 26.1 Å². The van der Waals surface area contributed by atoms with Crippen molar-refractivity contribution in [1.29, 1.82) is 0 Å². The van der Waals surface area contributed by atoms with Gasteiger partial charge in [-0.15, -0.1) is 0 Å². The van der Waals surface area contributed by atoms with E-state index in [1.54, 1.807) is 24.3 Å². The van der Waals surface area contributed by atoms with Gasteiger partial charge < -0.3 is 29.7 Å². The van der Waals surface area contributed by atoms with E-state index in [4.69, 9.17) is 26.4 Å². The first-order chi connectivity index (χ1) is 16.7. The number of nitrogens with zero attached hydrogens (tertiary/aromatic N) is 1. The Morgan fingerprint density at radius 3 is 2.34 bits per heavy atom. The lowest BCUT2D eigenvalue weighted by molar-refractivity contribution is -0.143. The Hall–Kier alpha value is -3.59. The highest BCUT2D eigenvalue weighted by Crippen LogP contribution is 2.33. The molecule has 2 aromatic carbocycles. The number of methoxy groups -OCH3 is 2. The zero-order valence-electron chi connectivity index (χ0n) is 20.8. The van der Waals surface area contributed by atoms with Gasteiger partial charge in [0.2, 0.25) is 0 Å². The van der Waals surface area contributed by atoms with E-state index < -0.39 is 12.0 Å². The molecule has 35 heavy (non-hydrogen) atoms. The molecule has 0 fully saturated rings. The Labute approximate surface area is 211 Å². The number of rotatable bonds is 8. The molecule has 3 rings (SSSR count). The molecule has 2 N–H and O–H groups in total. The Kier molecular flexibility index (Phi) is 8.34. The van der Waals surface area contributed by atoms with E-state index in [2.05, 4.69) is 10.6 Å². The Bertz CT molecular complexity index is 1140. The molecule has 1 aliphatic rings. The second-order valence-electron chi connectivity index (χ2n) is 8.26. The van der Waals surface area contributed by atoms with Crippen LogP contribution < -0.4 is 20.1 Å². The summed E-state index contributed by atoms with van der Waals surface area (Å²) in [6.45, 7) is 8.06. The highest BCUT2D eigenvalue weighted by atomic mass is 32.1. The molecule has 0 saturated carbocycles. The van der Waals surface area contributed by atoms with Crippen LogP contribution in [0.5, 0.6) is 11.5 Å². The molecule has 8 nitrogen and oxygen atoms in total. The van der Waals surface area contributed by atoms with Crippen molar-refractivity contribution in [2.24, 2.45) is 0 Å². The van der Waals surface area contributed by atoms with Gasteiger partial charge >= 0.3 is 5.97 Å². The molecule has 0 radical (unpaired) electrons. The van der Waals surface area contributed by atoms with Gasteiger partial charge in [0.05, 0.1) is 31.9 Å². The van der Waals surface area contributed by atoms with Crippen LogP contribution in [0, 0.1) is 0 Å². The number of benzene rings is 2. The van der Waals surface area contributed by atoms with Crippen molar-refractivity contribution in [2.45, 2.75) is 39.8 Å². The van der Waals surface area contributed by atoms with E-state index in [0.717, 1.165) is 11.3 Å². The van der Waals surface area contributed by atoms with E-state index in [-0.39, 0.29) is 12.0 Å². The van der Waals surface area contributed by atoms with E-state index >= 15 is 0 Å². The summed E-state index contributed by atoms with van der Waals surface area (Å²) in [4.78, 5) is 27.9. The zero-order chi connectivity index (χ0) is 25.7. The molecule has 0 spiro atoms. The van der Waals surface area contributed by atoms with Crippen LogP contribution in [0.25, 0.3) is 0 Å². The zero-order valence-corrected chi connectivity index (χ0v) is 21.6. The van der Waals surface area contributed by atoms with E-state index in [0.29, 0.717) is 40.0 Å². The number of carbonyl (C=O) groups excluding carboxylic acids is 2. The van der Waals surface area contributed by atoms with E-state index in [9.17, 15) is 9.59 Å². The number of hydrogen-bond donors (Lipinski definition) is 2. The van der Waals surface area contributed by atoms with Gasteiger partial charge in [0.1, 0.15) is 11.5 Å². The SMILES string of the molecule is CCN1C(=S)N[C@@H](c2cccc(NC(=O)c3cc(OC)cc(OC)c3)c2)C(C(=O)OC(C)C)=C1C. The lowest BCUT2D eigenvalue weighted by Gasteiger charge is -2.37. The number of nitrogens with one attached hydrogen (secondary N) is 2. The lowest BCUT2D eigenvalue weighted by atomic mass is 9.94. The van der Waals surface area contributed by atoms with Gasteiger partial charge in [-0.05, 0) is 69.7 Å².